The van der Waals surface area contributed by atoms with E-state index in [1.807, 2.05) is 0 Å². The summed E-state index contributed by atoms with van der Waals surface area (Å²) in [5.41, 5.74) is 0.658. The van der Waals surface area contributed by atoms with Crippen LogP contribution >= 0.6 is 0 Å². The van der Waals surface area contributed by atoms with E-state index in [-0.39, 0.29) is 23.2 Å². The van der Waals surface area contributed by atoms with Crippen LogP contribution in [-0.2, 0) is 4.79 Å². The van der Waals surface area contributed by atoms with Gasteiger partial charge in [0.05, 0.1) is 10.4 Å². The van der Waals surface area contributed by atoms with E-state index < -0.39 is 4.92 Å². The number of nitrogens with zero attached hydrogens (tertiary/aromatic N) is 4. The minimum atomic E-state index is -0.503. The Labute approximate surface area is 137 Å². The third-order valence-corrected chi connectivity index (χ3v) is 4.19. The van der Waals surface area contributed by atoms with Crippen molar-refractivity contribution in [1.29, 1.82) is 0 Å². The summed E-state index contributed by atoms with van der Waals surface area (Å²) in [5, 5.41) is 18.1. The third-order valence-electron chi connectivity index (χ3n) is 4.19. The van der Waals surface area contributed by atoms with E-state index in [1.165, 1.54) is 25.1 Å². The Kier molecular flexibility index (Phi) is 4.15. The second kappa shape index (κ2) is 6.26. The summed E-state index contributed by atoms with van der Waals surface area (Å²) in [6.45, 7) is 3.54. The molecule has 1 saturated heterocycles. The zero-order chi connectivity index (χ0) is 17.3. The van der Waals surface area contributed by atoms with Crippen molar-refractivity contribution in [3.63, 3.8) is 0 Å². The lowest BCUT2D eigenvalue weighted by Crippen LogP contribution is -2.36. The summed E-state index contributed by atoms with van der Waals surface area (Å²) in [6.07, 6.45) is 0.688. The minimum Gasteiger partial charge on any atom is -0.341 e. The third kappa shape index (κ3) is 2.92. The Morgan fingerprint density at radius 3 is 2.62 bits per heavy atom. The van der Waals surface area contributed by atoms with Crippen molar-refractivity contribution < 1.29 is 14.5 Å². The van der Waals surface area contributed by atoms with Crippen LogP contribution in [0.2, 0.25) is 0 Å². The highest BCUT2D eigenvalue weighted by Crippen LogP contribution is 2.23. The van der Waals surface area contributed by atoms with Gasteiger partial charge in [-0.1, -0.05) is 0 Å². The number of H-pyrrole nitrogens is 1. The van der Waals surface area contributed by atoms with Crippen molar-refractivity contribution in [3.8, 4) is 0 Å². The van der Waals surface area contributed by atoms with Crippen LogP contribution in [0.3, 0.4) is 0 Å². The number of aromatic amines is 1. The maximum absolute atomic E-state index is 12.8. The fourth-order valence-corrected chi connectivity index (χ4v) is 2.86. The molecule has 2 amide bonds. The molecule has 0 unspecified atom stereocenters. The van der Waals surface area contributed by atoms with Crippen LogP contribution in [0.1, 0.15) is 23.8 Å². The number of amides is 2. The molecule has 1 aromatic carbocycles. The van der Waals surface area contributed by atoms with Gasteiger partial charge in [-0.05, 0) is 12.5 Å². The molecular formula is C15H17N5O4. The highest BCUT2D eigenvalue weighted by Gasteiger charge is 2.25. The Hall–Kier alpha value is -2.97. The number of nitro benzene ring substituents is 1. The molecule has 0 aliphatic carbocycles. The molecule has 1 aliphatic heterocycles. The zero-order valence-corrected chi connectivity index (χ0v) is 13.2. The van der Waals surface area contributed by atoms with Crippen molar-refractivity contribution in [2.24, 2.45) is 0 Å². The van der Waals surface area contributed by atoms with Crippen LogP contribution in [-0.4, -0.2) is 62.9 Å². The Bertz CT molecular complexity index is 815. The summed E-state index contributed by atoms with van der Waals surface area (Å²) in [4.78, 5) is 38.0. The van der Waals surface area contributed by atoms with Crippen molar-refractivity contribution in [2.45, 2.75) is 13.3 Å². The van der Waals surface area contributed by atoms with E-state index in [9.17, 15) is 19.7 Å². The summed E-state index contributed by atoms with van der Waals surface area (Å²) in [6, 6.07) is 4.26. The molecule has 2 aromatic rings. The molecule has 2 heterocycles. The lowest BCUT2D eigenvalue weighted by atomic mass is 10.1. The summed E-state index contributed by atoms with van der Waals surface area (Å²) in [5.74, 6) is -0.294. The van der Waals surface area contributed by atoms with E-state index >= 15 is 0 Å². The first-order valence-corrected chi connectivity index (χ1v) is 7.64. The van der Waals surface area contributed by atoms with Crippen LogP contribution in [0, 0.1) is 10.1 Å². The van der Waals surface area contributed by atoms with E-state index in [0.717, 1.165) is 0 Å². The molecule has 1 fully saturated rings. The molecule has 0 saturated carbocycles. The summed E-state index contributed by atoms with van der Waals surface area (Å²) >= 11 is 0. The number of hydrogen-bond donors (Lipinski definition) is 1. The Morgan fingerprint density at radius 1 is 1.21 bits per heavy atom. The molecule has 3 rings (SSSR count). The summed E-state index contributed by atoms with van der Waals surface area (Å²) in [7, 11) is 0. The molecule has 0 spiro atoms. The van der Waals surface area contributed by atoms with Crippen molar-refractivity contribution in [2.75, 3.05) is 26.2 Å². The van der Waals surface area contributed by atoms with Gasteiger partial charge in [0.2, 0.25) is 5.91 Å². The second-order valence-electron chi connectivity index (χ2n) is 5.71. The minimum absolute atomic E-state index is 0.00913. The smallest absolute Gasteiger partial charge is 0.275 e. The fraction of sp³-hybridized carbons (Fsp3) is 0.400. The number of aromatic nitrogens is 2. The highest BCUT2D eigenvalue weighted by molar-refractivity contribution is 6.05. The van der Waals surface area contributed by atoms with Crippen LogP contribution in [0.4, 0.5) is 5.69 Å². The molecule has 9 nitrogen and oxygen atoms in total. The van der Waals surface area contributed by atoms with Crippen LogP contribution in [0.25, 0.3) is 10.9 Å². The van der Waals surface area contributed by atoms with Gasteiger partial charge in [0.15, 0.2) is 5.69 Å². The molecule has 1 N–H and O–H groups in total. The van der Waals surface area contributed by atoms with E-state index in [0.29, 0.717) is 43.5 Å². The first-order chi connectivity index (χ1) is 11.5. The molecule has 126 valence electrons. The van der Waals surface area contributed by atoms with Gasteiger partial charge in [-0.15, -0.1) is 0 Å². The largest absolute Gasteiger partial charge is 0.341 e. The standard InChI is InChI=1S/C15H17N5O4/c1-10(21)18-5-2-6-19(8-7-18)15(22)14-12-9-11(20(23)24)3-4-13(12)16-17-14/h3-4,9H,2,5-8H2,1H3,(H,16,17). The molecule has 24 heavy (non-hydrogen) atoms. The molecular weight excluding hydrogens is 314 g/mol. The maximum Gasteiger partial charge on any atom is 0.275 e. The number of non-ortho nitro benzene ring substituents is 1. The molecule has 9 heteroatoms. The number of nitro groups is 1. The van der Waals surface area contributed by atoms with Crippen molar-refractivity contribution in [1.82, 2.24) is 20.0 Å². The van der Waals surface area contributed by atoms with Crippen LogP contribution in [0.5, 0.6) is 0 Å². The first-order valence-electron chi connectivity index (χ1n) is 7.64. The van der Waals surface area contributed by atoms with Gasteiger partial charge in [-0.25, -0.2) is 0 Å². The lowest BCUT2D eigenvalue weighted by Gasteiger charge is -2.20. The van der Waals surface area contributed by atoms with Crippen molar-refractivity contribution >= 4 is 28.4 Å². The number of rotatable bonds is 2. The highest BCUT2D eigenvalue weighted by atomic mass is 16.6. The number of carbonyl (C=O) groups excluding carboxylic acids is 2. The molecule has 1 aliphatic rings. The topological polar surface area (TPSA) is 112 Å². The van der Waals surface area contributed by atoms with Crippen LogP contribution < -0.4 is 0 Å². The van der Waals surface area contributed by atoms with Gasteiger partial charge in [0.1, 0.15) is 0 Å². The number of fused-ring (bicyclic) bond motifs is 1. The molecule has 0 atom stereocenters. The van der Waals surface area contributed by atoms with Gasteiger partial charge >= 0.3 is 0 Å². The number of benzene rings is 1. The monoisotopic (exact) mass is 331 g/mol. The van der Waals surface area contributed by atoms with Crippen molar-refractivity contribution in [3.05, 3.63) is 34.0 Å². The predicted octanol–water partition coefficient (Wildman–Crippen LogP) is 1.17. The Balaban J connectivity index is 1.87. The molecule has 0 radical (unpaired) electrons. The normalized spacial score (nSPS) is 15.4. The van der Waals surface area contributed by atoms with Gasteiger partial charge in [-0.2, -0.15) is 5.10 Å². The van der Waals surface area contributed by atoms with Gasteiger partial charge in [-0.3, -0.25) is 24.8 Å². The quantitative estimate of drug-likeness (QED) is 0.655. The number of carbonyl (C=O) groups is 2. The van der Waals surface area contributed by atoms with Gasteiger partial charge in [0, 0.05) is 50.6 Å². The maximum atomic E-state index is 12.8. The van der Waals surface area contributed by atoms with Gasteiger partial charge in [0.25, 0.3) is 11.6 Å². The predicted molar refractivity (Wildman–Crippen MR) is 85.5 cm³/mol. The molecule has 1 aromatic heterocycles. The SMILES string of the molecule is CC(=O)N1CCCN(C(=O)c2n[nH]c3ccc([N+](=O)[O-])cc23)CC1. The fourth-order valence-electron chi connectivity index (χ4n) is 2.86. The van der Waals surface area contributed by atoms with E-state index in [1.54, 1.807) is 9.80 Å². The lowest BCUT2D eigenvalue weighted by molar-refractivity contribution is -0.384. The average molecular weight is 331 g/mol. The number of hydrogen-bond acceptors (Lipinski definition) is 5. The number of nitrogens with one attached hydrogen (secondary N) is 1. The average Bonchev–Trinajstić information content (AvgIpc) is 2.81. The first kappa shape index (κ1) is 15.9. The zero-order valence-electron chi connectivity index (χ0n) is 13.2. The van der Waals surface area contributed by atoms with Gasteiger partial charge < -0.3 is 9.80 Å². The Morgan fingerprint density at radius 2 is 1.92 bits per heavy atom. The van der Waals surface area contributed by atoms with E-state index in [4.69, 9.17) is 0 Å². The van der Waals surface area contributed by atoms with Crippen LogP contribution in [0.15, 0.2) is 18.2 Å². The second-order valence-corrected chi connectivity index (χ2v) is 5.71. The summed E-state index contributed by atoms with van der Waals surface area (Å²) < 4.78 is 0. The van der Waals surface area contributed by atoms with E-state index in [2.05, 4.69) is 10.2 Å². The molecule has 0 bridgehead atoms.